The van der Waals surface area contributed by atoms with Gasteiger partial charge in [0.2, 0.25) is 6.79 Å². The average Bonchev–Trinajstić information content (AvgIpc) is 3.39. The van der Waals surface area contributed by atoms with Crippen molar-refractivity contribution in [2.45, 2.75) is 5.92 Å². The van der Waals surface area contributed by atoms with Crippen molar-refractivity contribution in [2.75, 3.05) is 12.5 Å². The maximum Gasteiger partial charge on any atom is 0.338 e. The Morgan fingerprint density at radius 1 is 1.00 bits per heavy atom. The lowest BCUT2D eigenvalue weighted by atomic mass is 9.87. The normalized spacial score (nSPS) is 15.8. The number of nitrogens with two attached hydrogens (primary N) is 1. The molecular weight excluding hydrogens is 382 g/mol. The Bertz CT molecular complexity index is 1230. The van der Waals surface area contributed by atoms with Crippen LogP contribution in [0.2, 0.25) is 0 Å². The summed E-state index contributed by atoms with van der Waals surface area (Å²) in [4.78, 5) is 25.5. The molecule has 0 bridgehead atoms. The quantitative estimate of drug-likeness (QED) is 0.500. The third kappa shape index (κ3) is 2.65. The lowest BCUT2D eigenvalue weighted by molar-refractivity contribution is 0.0693. The molecular formula is C24H17NO5. The standard InChI is InChI=1S/C24H17NO5/c25-21-14(13-4-2-1-3-5-13)6-9-18(20(21)24(27)28)22(26)16-7-8-17-15(16)10-11-19-23(17)30-12-29-19/h1-11,16H,12,25H2,(H,27,28). The maximum absolute atomic E-state index is 13.4. The van der Waals surface area contributed by atoms with E-state index in [9.17, 15) is 14.7 Å². The van der Waals surface area contributed by atoms with Crippen molar-refractivity contribution >= 4 is 23.5 Å². The lowest BCUT2D eigenvalue weighted by Gasteiger charge is -2.16. The van der Waals surface area contributed by atoms with Gasteiger partial charge in [-0.1, -0.05) is 54.6 Å². The predicted octanol–water partition coefficient (Wildman–Crippen LogP) is 4.36. The zero-order valence-electron chi connectivity index (χ0n) is 15.8. The number of hydrogen-bond donors (Lipinski definition) is 2. The van der Waals surface area contributed by atoms with E-state index < -0.39 is 11.9 Å². The van der Waals surface area contributed by atoms with E-state index in [-0.39, 0.29) is 29.4 Å². The molecule has 1 heterocycles. The Morgan fingerprint density at radius 3 is 2.57 bits per heavy atom. The Kier molecular flexibility index (Phi) is 4.06. The van der Waals surface area contributed by atoms with Crippen molar-refractivity contribution in [3.8, 4) is 22.6 Å². The van der Waals surface area contributed by atoms with Crippen LogP contribution in [0.15, 0.2) is 60.7 Å². The van der Waals surface area contributed by atoms with Crippen LogP contribution in [0, 0.1) is 0 Å². The Morgan fingerprint density at radius 2 is 1.80 bits per heavy atom. The van der Waals surface area contributed by atoms with E-state index in [1.165, 1.54) is 0 Å². The van der Waals surface area contributed by atoms with Crippen molar-refractivity contribution in [3.63, 3.8) is 0 Å². The van der Waals surface area contributed by atoms with E-state index in [2.05, 4.69) is 0 Å². The number of carboxylic acids is 1. The second kappa shape index (κ2) is 6.77. The number of ketones is 1. The fourth-order valence-corrected chi connectivity index (χ4v) is 4.07. The van der Waals surface area contributed by atoms with Gasteiger partial charge in [-0.2, -0.15) is 0 Å². The van der Waals surface area contributed by atoms with Crippen LogP contribution < -0.4 is 15.2 Å². The molecule has 1 aliphatic heterocycles. The number of benzene rings is 3. The van der Waals surface area contributed by atoms with Gasteiger partial charge < -0.3 is 20.3 Å². The largest absolute Gasteiger partial charge is 0.478 e. The monoisotopic (exact) mass is 399 g/mol. The molecule has 1 atom stereocenters. The highest BCUT2D eigenvalue weighted by Crippen LogP contribution is 2.45. The molecule has 0 saturated carbocycles. The number of nitrogen functional groups attached to an aromatic ring is 1. The minimum Gasteiger partial charge on any atom is -0.478 e. The molecule has 6 nitrogen and oxygen atoms in total. The molecule has 1 aliphatic carbocycles. The third-order valence-electron chi connectivity index (χ3n) is 5.49. The number of carboxylic acid groups (broad SMARTS) is 1. The van der Waals surface area contributed by atoms with Gasteiger partial charge in [0.25, 0.3) is 0 Å². The first kappa shape index (κ1) is 18.0. The van der Waals surface area contributed by atoms with Gasteiger partial charge in [0, 0.05) is 16.7 Å². The van der Waals surface area contributed by atoms with E-state index in [1.807, 2.05) is 42.5 Å². The zero-order chi connectivity index (χ0) is 20.8. The number of ether oxygens (including phenoxy) is 2. The predicted molar refractivity (Wildman–Crippen MR) is 112 cm³/mol. The Labute approximate surface area is 172 Å². The van der Waals surface area contributed by atoms with Gasteiger partial charge in [-0.3, -0.25) is 4.79 Å². The van der Waals surface area contributed by atoms with E-state index in [1.54, 1.807) is 24.3 Å². The van der Waals surface area contributed by atoms with Crippen molar-refractivity contribution in [3.05, 3.63) is 82.9 Å². The number of fused-ring (bicyclic) bond motifs is 3. The first-order valence-electron chi connectivity index (χ1n) is 9.42. The maximum atomic E-state index is 13.4. The first-order chi connectivity index (χ1) is 14.6. The van der Waals surface area contributed by atoms with Gasteiger partial charge in [0.15, 0.2) is 17.3 Å². The molecule has 148 valence electrons. The van der Waals surface area contributed by atoms with Gasteiger partial charge in [0.05, 0.1) is 17.2 Å². The number of aromatic carboxylic acids is 1. The molecule has 3 aromatic carbocycles. The van der Waals surface area contributed by atoms with Gasteiger partial charge in [-0.05, 0) is 23.3 Å². The van der Waals surface area contributed by atoms with E-state index in [4.69, 9.17) is 15.2 Å². The topological polar surface area (TPSA) is 98.9 Å². The van der Waals surface area contributed by atoms with Crippen molar-refractivity contribution < 1.29 is 24.2 Å². The number of allylic oxidation sites excluding steroid dienone is 1. The highest BCUT2D eigenvalue weighted by atomic mass is 16.7. The van der Waals surface area contributed by atoms with Gasteiger partial charge >= 0.3 is 5.97 Å². The minimum atomic E-state index is -1.23. The van der Waals surface area contributed by atoms with Crippen LogP contribution >= 0.6 is 0 Å². The number of anilines is 1. The van der Waals surface area contributed by atoms with Gasteiger partial charge in [0.1, 0.15) is 0 Å². The van der Waals surface area contributed by atoms with Crippen LogP contribution in [0.5, 0.6) is 11.5 Å². The van der Waals surface area contributed by atoms with E-state index in [0.29, 0.717) is 17.1 Å². The fourth-order valence-electron chi connectivity index (χ4n) is 4.07. The summed E-state index contributed by atoms with van der Waals surface area (Å²) in [6.45, 7) is 0.138. The summed E-state index contributed by atoms with van der Waals surface area (Å²) in [5, 5.41) is 9.84. The molecule has 0 amide bonds. The minimum absolute atomic E-state index is 0.0763. The summed E-state index contributed by atoms with van der Waals surface area (Å²) in [7, 11) is 0. The zero-order valence-corrected chi connectivity index (χ0v) is 15.8. The first-order valence-corrected chi connectivity index (χ1v) is 9.42. The molecule has 2 aliphatic rings. The summed E-state index contributed by atoms with van der Waals surface area (Å²) in [6, 6.07) is 16.1. The van der Waals surface area contributed by atoms with E-state index >= 15 is 0 Å². The van der Waals surface area contributed by atoms with Crippen LogP contribution in [0.1, 0.15) is 37.8 Å². The van der Waals surface area contributed by atoms with Gasteiger partial charge in [-0.25, -0.2) is 4.79 Å². The number of carbonyl (C=O) groups is 2. The van der Waals surface area contributed by atoms with E-state index in [0.717, 1.165) is 16.7 Å². The van der Waals surface area contributed by atoms with Crippen molar-refractivity contribution in [2.24, 2.45) is 0 Å². The fraction of sp³-hybridized carbons (Fsp3) is 0.0833. The molecule has 0 radical (unpaired) electrons. The number of hydrogen-bond acceptors (Lipinski definition) is 5. The second-order valence-corrected chi connectivity index (χ2v) is 7.12. The second-order valence-electron chi connectivity index (χ2n) is 7.12. The Balaban J connectivity index is 1.59. The molecule has 0 fully saturated rings. The molecule has 0 aromatic heterocycles. The molecule has 1 unspecified atom stereocenters. The van der Waals surface area contributed by atoms with Crippen LogP contribution in [-0.4, -0.2) is 23.7 Å². The summed E-state index contributed by atoms with van der Waals surface area (Å²) in [6.07, 6.45) is 3.56. The van der Waals surface area contributed by atoms with Crippen LogP contribution in [0.25, 0.3) is 17.2 Å². The summed E-state index contributed by atoms with van der Waals surface area (Å²) in [5.74, 6) is -0.936. The van der Waals surface area contributed by atoms with Gasteiger partial charge in [-0.15, -0.1) is 0 Å². The molecule has 3 aromatic rings. The number of carbonyl (C=O) groups excluding carboxylic acids is 1. The number of Topliss-reactive ketones (excluding diaryl/α,β-unsaturated/α-hetero) is 1. The number of rotatable bonds is 4. The van der Waals surface area contributed by atoms with Crippen LogP contribution in [0.4, 0.5) is 5.69 Å². The average molecular weight is 399 g/mol. The summed E-state index contributed by atoms with van der Waals surface area (Å²) >= 11 is 0. The highest BCUT2D eigenvalue weighted by Gasteiger charge is 2.33. The molecule has 6 heteroatoms. The molecule has 30 heavy (non-hydrogen) atoms. The highest BCUT2D eigenvalue weighted by molar-refractivity contribution is 6.14. The van der Waals surface area contributed by atoms with Crippen LogP contribution in [0.3, 0.4) is 0 Å². The summed E-state index contributed by atoms with van der Waals surface area (Å²) in [5.41, 5.74) is 9.13. The van der Waals surface area contributed by atoms with Crippen molar-refractivity contribution in [1.29, 1.82) is 0 Å². The SMILES string of the molecule is Nc1c(-c2ccccc2)ccc(C(=O)C2C=Cc3c2ccc2c3OCO2)c1C(=O)O. The molecule has 0 spiro atoms. The molecule has 0 saturated heterocycles. The third-order valence-corrected chi connectivity index (χ3v) is 5.49. The smallest absolute Gasteiger partial charge is 0.338 e. The summed E-state index contributed by atoms with van der Waals surface area (Å²) < 4.78 is 10.9. The van der Waals surface area contributed by atoms with Crippen LogP contribution in [-0.2, 0) is 0 Å². The lowest BCUT2D eigenvalue weighted by Crippen LogP contribution is -2.17. The Hall–Kier alpha value is -4.06. The van der Waals surface area contributed by atoms with Crippen molar-refractivity contribution in [1.82, 2.24) is 0 Å². The molecule has 3 N–H and O–H groups in total. The molecule has 5 rings (SSSR count).